The normalized spacial score (nSPS) is 15.7. The lowest BCUT2D eigenvalue weighted by molar-refractivity contribution is 0.0231. The van der Waals surface area contributed by atoms with Crippen molar-refractivity contribution in [3.05, 3.63) is 46.8 Å². The van der Waals surface area contributed by atoms with E-state index in [2.05, 4.69) is 31.1 Å². The molecule has 9 heteroatoms. The number of aromatic nitrogens is 1. The second kappa shape index (κ2) is 7.63. The van der Waals surface area contributed by atoms with Gasteiger partial charge in [0.05, 0.1) is 31.7 Å². The zero-order valence-electron chi connectivity index (χ0n) is 14.3. The summed E-state index contributed by atoms with van der Waals surface area (Å²) in [6.07, 6.45) is 1.39. The van der Waals surface area contributed by atoms with Crippen molar-refractivity contribution < 1.29 is 19.1 Å². The zero-order valence-corrected chi connectivity index (χ0v) is 15.9. The Morgan fingerprint density at radius 2 is 2.07 bits per heavy atom. The fourth-order valence-electron chi connectivity index (χ4n) is 3.02. The first-order valence-electron chi connectivity index (χ1n) is 8.44. The molecule has 140 valence electrons. The highest BCUT2D eigenvalue weighted by Crippen LogP contribution is 2.40. The maximum atomic E-state index is 12.0. The molecule has 27 heavy (non-hydrogen) atoms. The Balaban J connectivity index is 1.72. The van der Waals surface area contributed by atoms with E-state index in [4.69, 9.17) is 9.15 Å². The van der Waals surface area contributed by atoms with E-state index in [1.54, 1.807) is 10.6 Å². The van der Waals surface area contributed by atoms with E-state index >= 15 is 0 Å². The van der Waals surface area contributed by atoms with E-state index in [9.17, 15) is 9.90 Å². The molecule has 0 spiro atoms. The van der Waals surface area contributed by atoms with E-state index in [1.807, 2.05) is 18.2 Å². The predicted octanol–water partition coefficient (Wildman–Crippen LogP) is 3.92. The van der Waals surface area contributed by atoms with E-state index in [0.29, 0.717) is 25.3 Å². The van der Waals surface area contributed by atoms with Gasteiger partial charge in [0.15, 0.2) is 11.4 Å². The van der Waals surface area contributed by atoms with Gasteiger partial charge in [0.25, 0.3) is 0 Å². The third kappa shape index (κ3) is 3.66. The van der Waals surface area contributed by atoms with Gasteiger partial charge in [-0.15, -0.1) is 10.2 Å². The first-order chi connectivity index (χ1) is 13.1. The van der Waals surface area contributed by atoms with Crippen LogP contribution in [0.3, 0.4) is 0 Å². The molecule has 0 bridgehead atoms. The van der Waals surface area contributed by atoms with Gasteiger partial charge in [-0.3, -0.25) is 14.3 Å². The number of hydrogen-bond donors (Lipinski definition) is 1. The van der Waals surface area contributed by atoms with Crippen LogP contribution in [0.2, 0.25) is 0 Å². The Kier molecular flexibility index (Phi) is 5.06. The molecule has 1 fully saturated rings. The van der Waals surface area contributed by atoms with Crippen LogP contribution in [-0.2, 0) is 11.4 Å². The minimum absolute atomic E-state index is 0.0365. The number of benzene rings is 1. The summed E-state index contributed by atoms with van der Waals surface area (Å²) in [5, 5.41) is 19.2. The summed E-state index contributed by atoms with van der Waals surface area (Å²) in [7, 11) is 0. The molecule has 0 radical (unpaired) electrons. The highest BCUT2D eigenvalue weighted by Gasteiger charge is 2.20. The molecular formula is C18H17BrN4O4. The molecule has 2 aromatic heterocycles. The van der Waals surface area contributed by atoms with Gasteiger partial charge in [-0.05, 0) is 30.3 Å². The summed E-state index contributed by atoms with van der Waals surface area (Å²) in [4.78, 5) is 14.2. The minimum atomic E-state index is -0.608. The summed E-state index contributed by atoms with van der Waals surface area (Å²) in [6, 6.07) is 8.75. The Bertz CT molecular complexity index is 991. The number of aromatic hydroxyl groups is 1. The lowest BCUT2D eigenvalue weighted by atomic mass is 10.2. The first kappa shape index (κ1) is 17.9. The van der Waals surface area contributed by atoms with Gasteiger partial charge in [-0.2, -0.15) is 0 Å². The molecule has 1 saturated heterocycles. The molecular weight excluding hydrogens is 416 g/mol. The fraction of sp³-hybridized carbons (Fsp3) is 0.278. The number of amides is 1. The molecule has 0 atom stereocenters. The number of nitrogens with zero attached hydrogens (tertiary/aromatic N) is 4. The second-order valence-corrected chi connectivity index (χ2v) is 7.03. The number of azo groups is 1. The van der Waals surface area contributed by atoms with Gasteiger partial charge in [0.1, 0.15) is 0 Å². The number of furan rings is 1. The van der Waals surface area contributed by atoms with Gasteiger partial charge >= 0.3 is 5.91 Å². The number of carbonyl (C=O) groups is 1. The van der Waals surface area contributed by atoms with Gasteiger partial charge in [-0.1, -0.05) is 15.9 Å². The largest absolute Gasteiger partial charge is 0.493 e. The molecule has 0 unspecified atom stereocenters. The lowest BCUT2D eigenvalue weighted by Gasteiger charge is -2.27. The Morgan fingerprint density at radius 1 is 1.26 bits per heavy atom. The van der Waals surface area contributed by atoms with E-state index < -0.39 is 5.91 Å². The van der Waals surface area contributed by atoms with Crippen LogP contribution in [0.5, 0.6) is 5.88 Å². The van der Waals surface area contributed by atoms with Crippen LogP contribution in [0.25, 0.3) is 10.9 Å². The van der Waals surface area contributed by atoms with Crippen LogP contribution in [0.4, 0.5) is 5.69 Å². The van der Waals surface area contributed by atoms with Crippen LogP contribution in [0.1, 0.15) is 10.6 Å². The van der Waals surface area contributed by atoms with Crippen molar-refractivity contribution in [3.8, 4) is 5.88 Å². The maximum Gasteiger partial charge on any atom is 0.331 e. The highest BCUT2D eigenvalue weighted by atomic mass is 79.9. The van der Waals surface area contributed by atoms with Crippen LogP contribution in [0, 0.1) is 0 Å². The predicted molar refractivity (Wildman–Crippen MR) is 101 cm³/mol. The molecule has 1 aliphatic heterocycles. The number of halogens is 1. The summed E-state index contributed by atoms with van der Waals surface area (Å²) in [6.45, 7) is 3.38. The standard InChI is InChI=1S/C18H17BrN4O4/c19-12-3-4-14-13(10-12)16(20-21-17(24)15-2-1-7-27-15)18(25)23(14)11-22-5-8-26-9-6-22/h1-4,7,10,25H,5-6,8-9,11H2. The summed E-state index contributed by atoms with van der Waals surface area (Å²) in [5.41, 5.74) is 1.06. The van der Waals surface area contributed by atoms with Crippen molar-refractivity contribution >= 4 is 38.4 Å². The number of rotatable bonds is 4. The molecule has 1 aromatic carbocycles. The van der Waals surface area contributed by atoms with E-state index in [0.717, 1.165) is 23.1 Å². The molecule has 3 heterocycles. The Hall–Kier alpha value is -2.49. The Labute approximate surface area is 163 Å². The van der Waals surface area contributed by atoms with E-state index in [1.165, 1.54) is 12.3 Å². The summed E-state index contributed by atoms with van der Waals surface area (Å²) < 4.78 is 13.0. The summed E-state index contributed by atoms with van der Waals surface area (Å²) >= 11 is 3.44. The van der Waals surface area contributed by atoms with Crippen LogP contribution in [0.15, 0.2) is 55.7 Å². The number of morpholine rings is 1. The van der Waals surface area contributed by atoms with Gasteiger partial charge in [-0.25, -0.2) is 0 Å². The van der Waals surface area contributed by atoms with Gasteiger partial charge in [0, 0.05) is 22.9 Å². The monoisotopic (exact) mass is 432 g/mol. The van der Waals surface area contributed by atoms with Crippen LogP contribution >= 0.6 is 15.9 Å². The van der Waals surface area contributed by atoms with Crippen molar-refractivity contribution in [2.75, 3.05) is 26.3 Å². The smallest absolute Gasteiger partial charge is 0.331 e. The fourth-order valence-corrected chi connectivity index (χ4v) is 3.39. The third-order valence-corrected chi connectivity index (χ3v) is 4.88. The average Bonchev–Trinajstić information content (AvgIpc) is 3.29. The van der Waals surface area contributed by atoms with Gasteiger partial charge < -0.3 is 14.3 Å². The SMILES string of the molecule is O=C(N=Nc1c(O)n(CN2CCOCC2)c2ccc(Br)cc12)c1ccco1. The number of fused-ring (bicyclic) bond motifs is 1. The topological polar surface area (TPSA) is 92.6 Å². The number of hydrogen-bond acceptors (Lipinski definition) is 6. The van der Waals surface area contributed by atoms with Crippen LogP contribution in [-0.4, -0.2) is 46.8 Å². The molecule has 4 rings (SSSR count). The summed E-state index contributed by atoms with van der Waals surface area (Å²) in [5.74, 6) is -0.550. The maximum absolute atomic E-state index is 12.0. The minimum Gasteiger partial charge on any atom is -0.493 e. The number of carbonyl (C=O) groups excluding carboxylic acids is 1. The van der Waals surface area contributed by atoms with Crippen molar-refractivity contribution in [1.82, 2.24) is 9.47 Å². The molecule has 1 amide bonds. The Morgan fingerprint density at radius 3 is 2.81 bits per heavy atom. The molecule has 0 aliphatic carbocycles. The van der Waals surface area contributed by atoms with Gasteiger partial charge in [0.2, 0.25) is 5.88 Å². The first-order valence-corrected chi connectivity index (χ1v) is 9.23. The molecule has 0 saturated carbocycles. The number of ether oxygens (including phenoxy) is 1. The third-order valence-electron chi connectivity index (χ3n) is 4.39. The molecule has 3 aromatic rings. The van der Waals surface area contributed by atoms with E-state index in [-0.39, 0.29) is 17.3 Å². The second-order valence-electron chi connectivity index (χ2n) is 6.12. The van der Waals surface area contributed by atoms with Crippen molar-refractivity contribution in [2.45, 2.75) is 6.67 Å². The van der Waals surface area contributed by atoms with Crippen molar-refractivity contribution in [1.29, 1.82) is 0 Å². The molecule has 1 aliphatic rings. The molecule has 8 nitrogen and oxygen atoms in total. The molecule has 1 N–H and O–H groups in total. The average molecular weight is 433 g/mol. The zero-order chi connectivity index (χ0) is 18.8. The lowest BCUT2D eigenvalue weighted by Crippen LogP contribution is -2.37. The quantitative estimate of drug-likeness (QED) is 0.630. The highest BCUT2D eigenvalue weighted by molar-refractivity contribution is 9.10. The van der Waals surface area contributed by atoms with Crippen molar-refractivity contribution in [2.24, 2.45) is 10.2 Å². The van der Waals surface area contributed by atoms with Crippen LogP contribution < -0.4 is 0 Å². The van der Waals surface area contributed by atoms with Crippen molar-refractivity contribution in [3.63, 3.8) is 0 Å².